The number of aromatic amines is 1. The molecule has 20 heavy (non-hydrogen) atoms. The second kappa shape index (κ2) is 5.63. The third kappa shape index (κ3) is 2.82. The van der Waals surface area contributed by atoms with E-state index in [1.165, 1.54) is 16.8 Å². The molecule has 5 nitrogen and oxygen atoms in total. The molecule has 1 aliphatic rings. The Morgan fingerprint density at radius 1 is 1.50 bits per heavy atom. The second-order valence-corrected chi connectivity index (χ2v) is 5.41. The van der Waals surface area contributed by atoms with Crippen molar-refractivity contribution in [3.63, 3.8) is 0 Å². The molecular formula is C15H19N3O2. The molecule has 0 saturated carbocycles. The van der Waals surface area contributed by atoms with Crippen molar-refractivity contribution in [3.05, 3.63) is 51.6 Å². The van der Waals surface area contributed by atoms with E-state index in [2.05, 4.69) is 28.3 Å². The molecule has 106 valence electrons. The van der Waals surface area contributed by atoms with E-state index in [1.54, 1.807) is 6.20 Å². The summed E-state index contributed by atoms with van der Waals surface area (Å²) in [7, 11) is 0. The number of fused-ring (bicyclic) bond motifs is 1. The first-order valence-corrected chi connectivity index (χ1v) is 7.04. The minimum atomic E-state index is -0.380. The molecule has 2 aromatic rings. The van der Waals surface area contributed by atoms with Crippen molar-refractivity contribution < 1.29 is 4.42 Å². The van der Waals surface area contributed by atoms with Gasteiger partial charge in [0.05, 0.1) is 0 Å². The largest absolute Gasteiger partial charge is 0.416 e. The number of aryl methyl sites for hydroxylation is 1. The number of oxazole rings is 1. The van der Waals surface area contributed by atoms with Crippen LogP contribution >= 0.6 is 0 Å². The summed E-state index contributed by atoms with van der Waals surface area (Å²) >= 11 is 0. The van der Waals surface area contributed by atoms with Gasteiger partial charge in [-0.15, -0.1) is 0 Å². The van der Waals surface area contributed by atoms with Crippen molar-refractivity contribution in [2.75, 3.05) is 13.1 Å². The van der Waals surface area contributed by atoms with Crippen molar-refractivity contribution >= 4 is 0 Å². The number of hydrogen-bond donors (Lipinski definition) is 2. The van der Waals surface area contributed by atoms with Gasteiger partial charge in [0, 0.05) is 31.1 Å². The number of nitrogens with one attached hydrogen (secondary N) is 2. The van der Waals surface area contributed by atoms with Gasteiger partial charge in [-0.1, -0.05) is 0 Å². The lowest BCUT2D eigenvalue weighted by atomic mass is 10.1. The van der Waals surface area contributed by atoms with E-state index < -0.39 is 0 Å². The first kappa shape index (κ1) is 13.1. The molecule has 1 aliphatic carbocycles. The molecule has 0 radical (unpaired) electrons. The zero-order chi connectivity index (χ0) is 13.9. The van der Waals surface area contributed by atoms with Gasteiger partial charge in [-0.3, -0.25) is 9.97 Å². The Balaban J connectivity index is 1.45. The summed E-state index contributed by atoms with van der Waals surface area (Å²) in [6.45, 7) is 3.90. The summed E-state index contributed by atoms with van der Waals surface area (Å²) in [6.07, 6.45) is 6.51. The topological polar surface area (TPSA) is 70.9 Å². The highest BCUT2D eigenvalue weighted by Gasteiger charge is 2.22. The number of H-pyrrole nitrogens is 1. The Labute approximate surface area is 117 Å². The van der Waals surface area contributed by atoms with Crippen molar-refractivity contribution in [2.24, 2.45) is 5.92 Å². The van der Waals surface area contributed by atoms with E-state index >= 15 is 0 Å². The first-order valence-electron chi connectivity index (χ1n) is 7.04. The summed E-state index contributed by atoms with van der Waals surface area (Å²) in [5.74, 6) is 0.970. The molecule has 0 saturated heterocycles. The fourth-order valence-electron chi connectivity index (χ4n) is 2.89. The van der Waals surface area contributed by atoms with Gasteiger partial charge < -0.3 is 9.73 Å². The van der Waals surface area contributed by atoms with Gasteiger partial charge >= 0.3 is 5.76 Å². The predicted octanol–water partition coefficient (Wildman–Crippen LogP) is 1.22. The zero-order valence-electron chi connectivity index (χ0n) is 11.6. The first-order chi connectivity index (χ1) is 9.72. The van der Waals surface area contributed by atoms with Crippen LogP contribution in [0.15, 0.2) is 27.7 Å². The molecule has 1 unspecified atom stereocenters. The molecule has 2 heterocycles. The average molecular weight is 273 g/mol. The molecule has 0 bridgehead atoms. The van der Waals surface area contributed by atoms with Gasteiger partial charge in [-0.05, 0) is 49.4 Å². The van der Waals surface area contributed by atoms with Gasteiger partial charge in [-0.2, -0.15) is 0 Å². The van der Waals surface area contributed by atoms with Crippen LogP contribution in [0.5, 0.6) is 0 Å². The minimum absolute atomic E-state index is 0.380. The van der Waals surface area contributed by atoms with Crippen molar-refractivity contribution in [1.29, 1.82) is 0 Å². The third-order valence-electron chi connectivity index (χ3n) is 3.93. The maximum Gasteiger partial charge on any atom is 0.416 e. The van der Waals surface area contributed by atoms with E-state index in [0.717, 1.165) is 32.4 Å². The molecule has 0 aliphatic heterocycles. The molecule has 0 fully saturated rings. The van der Waals surface area contributed by atoms with E-state index in [0.29, 0.717) is 11.7 Å². The number of rotatable bonds is 5. The average Bonchev–Trinajstić information content (AvgIpc) is 3.02. The number of aromatic nitrogens is 2. The number of hydrogen-bond acceptors (Lipinski definition) is 4. The van der Waals surface area contributed by atoms with Crippen LogP contribution in [0.25, 0.3) is 0 Å². The highest BCUT2D eigenvalue weighted by Crippen LogP contribution is 2.27. The van der Waals surface area contributed by atoms with Gasteiger partial charge in [-0.25, -0.2) is 4.79 Å². The summed E-state index contributed by atoms with van der Waals surface area (Å²) in [5, 5.41) is 3.44. The van der Waals surface area contributed by atoms with Gasteiger partial charge in [0.15, 0.2) is 0 Å². The van der Waals surface area contributed by atoms with Gasteiger partial charge in [0.25, 0.3) is 0 Å². The predicted molar refractivity (Wildman–Crippen MR) is 75.8 cm³/mol. The van der Waals surface area contributed by atoms with Crippen molar-refractivity contribution in [1.82, 2.24) is 15.3 Å². The highest BCUT2D eigenvalue weighted by molar-refractivity contribution is 5.34. The van der Waals surface area contributed by atoms with Gasteiger partial charge in [0.2, 0.25) is 0 Å². The van der Waals surface area contributed by atoms with E-state index in [4.69, 9.17) is 4.42 Å². The fourth-order valence-corrected chi connectivity index (χ4v) is 2.89. The second-order valence-electron chi connectivity index (χ2n) is 5.41. The molecule has 3 rings (SSSR count). The van der Waals surface area contributed by atoms with E-state index in [-0.39, 0.29) is 5.76 Å². The van der Waals surface area contributed by atoms with Crippen LogP contribution in [0, 0.1) is 12.8 Å². The van der Waals surface area contributed by atoms with Crippen LogP contribution in [0.3, 0.4) is 0 Å². The molecule has 5 heteroatoms. The maximum atomic E-state index is 10.8. The Kier molecular flexibility index (Phi) is 3.69. The lowest BCUT2D eigenvalue weighted by Crippen LogP contribution is -2.25. The lowest BCUT2D eigenvalue weighted by molar-refractivity contribution is 0.449. The van der Waals surface area contributed by atoms with Crippen LogP contribution < -0.4 is 11.1 Å². The Morgan fingerprint density at radius 2 is 2.40 bits per heavy atom. The summed E-state index contributed by atoms with van der Waals surface area (Å²) in [4.78, 5) is 17.7. The molecule has 0 spiro atoms. The summed E-state index contributed by atoms with van der Waals surface area (Å²) in [6, 6.07) is 2.14. The molecule has 0 amide bonds. The van der Waals surface area contributed by atoms with Crippen molar-refractivity contribution in [3.8, 4) is 0 Å². The van der Waals surface area contributed by atoms with Crippen LogP contribution in [0.4, 0.5) is 0 Å². The fraction of sp³-hybridized carbons (Fsp3) is 0.467. The molecular weight excluding hydrogens is 254 g/mol. The molecule has 0 aromatic carbocycles. The third-order valence-corrected chi connectivity index (χ3v) is 3.93. The summed E-state index contributed by atoms with van der Waals surface area (Å²) in [5.41, 5.74) is 4.04. The Morgan fingerprint density at radius 3 is 3.15 bits per heavy atom. The quantitative estimate of drug-likeness (QED) is 0.804. The van der Waals surface area contributed by atoms with Crippen LogP contribution in [-0.2, 0) is 19.3 Å². The maximum absolute atomic E-state index is 10.8. The SMILES string of the molecule is Cc1nccc2c1CC(CNCCc1c[nH]c(=O)o1)C2. The number of nitrogens with zero attached hydrogens (tertiary/aromatic N) is 1. The monoisotopic (exact) mass is 273 g/mol. The van der Waals surface area contributed by atoms with Crippen LogP contribution in [-0.4, -0.2) is 23.1 Å². The van der Waals surface area contributed by atoms with Crippen LogP contribution in [0.2, 0.25) is 0 Å². The van der Waals surface area contributed by atoms with Crippen molar-refractivity contribution in [2.45, 2.75) is 26.2 Å². The Hall–Kier alpha value is -1.88. The minimum Gasteiger partial charge on any atom is -0.413 e. The standard InChI is InChI=1S/C15H19N3O2/c1-10-14-7-11(6-12(14)2-5-17-10)8-16-4-3-13-9-18-15(19)20-13/h2,5,9,11,16H,3-4,6-8H2,1H3,(H,18,19). The van der Waals surface area contributed by atoms with Gasteiger partial charge in [0.1, 0.15) is 5.76 Å². The van der Waals surface area contributed by atoms with Crippen LogP contribution in [0.1, 0.15) is 22.6 Å². The highest BCUT2D eigenvalue weighted by atomic mass is 16.4. The van der Waals surface area contributed by atoms with E-state index in [9.17, 15) is 4.79 Å². The molecule has 2 N–H and O–H groups in total. The smallest absolute Gasteiger partial charge is 0.413 e. The Bertz CT molecular complexity index is 645. The number of pyridine rings is 1. The zero-order valence-corrected chi connectivity index (χ0v) is 11.6. The normalized spacial score (nSPS) is 17.4. The lowest BCUT2D eigenvalue weighted by Gasteiger charge is -2.09. The summed E-state index contributed by atoms with van der Waals surface area (Å²) < 4.78 is 4.96. The molecule has 2 aromatic heterocycles. The molecule has 1 atom stereocenters. The van der Waals surface area contributed by atoms with E-state index in [1.807, 2.05) is 6.20 Å².